The molecule has 1 saturated carbocycles. The summed E-state index contributed by atoms with van der Waals surface area (Å²) in [5, 5.41) is 15.1. The minimum atomic E-state index is -0.780. The summed E-state index contributed by atoms with van der Waals surface area (Å²) >= 11 is 1.37. The van der Waals surface area contributed by atoms with Gasteiger partial charge in [0.15, 0.2) is 6.61 Å². The van der Waals surface area contributed by atoms with Crippen molar-refractivity contribution in [1.29, 1.82) is 0 Å². The molecule has 184 valence electrons. The topological polar surface area (TPSA) is 145 Å². The second-order valence-electron chi connectivity index (χ2n) is 8.43. The van der Waals surface area contributed by atoms with Crippen molar-refractivity contribution in [2.75, 3.05) is 18.5 Å². The molecule has 0 radical (unpaired) electrons. The summed E-state index contributed by atoms with van der Waals surface area (Å²) in [6, 6.07) is 5.87. The smallest absolute Gasteiger partial charge is 0.323 e. The van der Waals surface area contributed by atoms with Gasteiger partial charge in [0.25, 0.3) is 5.91 Å². The van der Waals surface area contributed by atoms with E-state index in [0.29, 0.717) is 28.8 Å². The van der Waals surface area contributed by atoms with Crippen LogP contribution in [0, 0.1) is 5.82 Å². The predicted octanol–water partition coefficient (Wildman–Crippen LogP) is 2.17. The lowest BCUT2D eigenvalue weighted by Crippen LogP contribution is -2.42. The molecule has 0 saturated heterocycles. The molecular formula is C23H26FN7O3S. The number of aromatic nitrogens is 4. The van der Waals surface area contributed by atoms with Gasteiger partial charge in [0.1, 0.15) is 28.4 Å². The van der Waals surface area contributed by atoms with Crippen LogP contribution in [-0.4, -0.2) is 51.2 Å². The van der Waals surface area contributed by atoms with Crippen LogP contribution in [0.1, 0.15) is 36.8 Å². The Kier molecular flexibility index (Phi) is 7.61. The van der Waals surface area contributed by atoms with Crippen molar-refractivity contribution >= 4 is 29.0 Å². The highest BCUT2D eigenvalue weighted by Crippen LogP contribution is 2.43. The molecule has 1 aliphatic carbocycles. The third kappa shape index (κ3) is 5.95. The number of nitrogens with one attached hydrogen (secondary N) is 2. The summed E-state index contributed by atoms with van der Waals surface area (Å²) in [5.41, 5.74) is 6.15. The van der Waals surface area contributed by atoms with Crippen LogP contribution in [0.5, 0.6) is 0 Å². The van der Waals surface area contributed by atoms with E-state index in [-0.39, 0.29) is 24.4 Å². The van der Waals surface area contributed by atoms with Gasteiger partial charge in [0, 0.05) is 29.2 Å². The van der Waals surface area contributed by atoms with Crippen molar-refractivity contribution in [3.05, 3.63) is 53.0 Å². The first-order valence-electron chi connectivity index (χ1n) is 11.2. The lowest BCUT2D eigenvalue weighted by Gasteiger charge is -2.41. The first-order chi connectivity index (χ1) is 16.9. The maximum Gasteiger partial charge on any atom is 0.323 e. The zero-order chi connectivity index (χ0) is 24.8. The number of nitrogens with two attached hydrogens (primary N) is 1. The molecular weight excluding hydrogens is 473 g/mol. The summed E-state index contributed by atoms with van der Waals surface area (Å²) in [5.74, 6) is -0.762. The van der Waals surface area contributed by atoms with Crippen LogP contribution in [0.3, 0.4) is 0 Å². The number of hydrogen-bond donors (Lipinski definition) is 3. The normalized spacial score (nSPS) is 15.1. The summed E-state index contributed by atoms with van der Waals surface area (Å²) < 4.78 is 19.1. The Morgan fingerprint density at radius 2 is 2.09 bits per heavy atom. The monoisotopic (exact) mass is 499 g/mol. The van der Waals surface area contributed by atoms with E-state index >= 15 is 0 Å². The van der Waals surface area contributed by atoms with Gasteiger partial charge in [-0.05, 0) is 44.0 Å². The number of anilines is 1. The lowest BCUT2D eigenvalue weighted by molar-refractivity contribution is -0.149. The zero-order valence-electron chi connectivity index (χ0n) is 19.2. The number of carbonyl (C=O) groups excluding carboxylic acids is 2. The number of amides is 1. The van der Waals surface area contributed by atoms with Crippen LogP contribution in [0.15, 0.2) is 36.7 Å². The van der Waals surface area contributed by atoms with Gasteiger partial charge in [0.05, 0.1) is 12.2 Å². The highest BCUT2D eigenvalue weighted by Gasteiger charge is 2.41. The Morgan fingerprint density at radius 3 is 2.74 bits per heavy atom. The molecule has 1 unspecified atom stereocenters. The fraction of sp³-hybridized carbons (Fsp3) is 0.391. The third-order valence-corrected chi connectivity index (χ3v) is 6.81. The number of esters is 1. The van der Waals surface area contributed by atoms with Crippen molar-refractivity contribution in [3.8, 4) is 10.7 Å². The Labute approximate surface area is 205 Å². The second kappa shape index (κ2) is 10.8. The van der Waals surface area contributed by atoms with Crippen molar-refractivity contribution in [2.45, 2.75) is 44.2 Å². The molecule has 3 aromatic rings. The largest absolute Gasteiger partial charge is 0.454 e. The molecule has 35 heavy (non-hydrogen) atoms. The van der Waals surface area contributed by atoms with Crippen molar-refractivity contribution in [3.63, 3.8) is 0 Å². The van der Waals surface area contributed by atoms with E-state index in [1.165, 1.54) is 24.3 Å². The van der Waals surface area contributed by atoms with Crippen LogP contribution >= 0.6 is 11.3 Å². The number of rotatable bonds is 10. The highest BCUT2D eigenvalue weighted by molar-refractivity contribution is 7.15. The lowest BCUT2D eigenvalue weighted by atomic mass is 9.66. The van der Waals surface area contributed by atoms with Gasteiger partial charge in [-0.15, -0.1) is 21.5 Å². The quantitative estimate of drug-likeness (QED) is 0.357. The molecule has 4 rings (SSSR count). The molecule has 3 aromatic heterocycles. The number of nitrogens with zero attached hydrogens (tertiary/aromatic N) is 4. The van der Waals surface area contributed by atoms with Crippen LogP contribution in [-0.2, 0) is 26.3 Å². The molecule has 0 spiro atoms. The number of halogens is 1. The fourth-order valence-corrected chi connectivity index (χ4v) is 4.51. The first kappa shape index (κ1) is 24.6. The Hall–Kier alpha value is -3.51. The molecule has 10 nitrogen and oxygen atoms in total. The summed E-state index contributed by atoms with van der Waals surface area (Å²) in [7, 11) is 0. The Balaban J connectivity index is 1.30. The Morgan fingerprint density at radius 1 is 1.26 bits per heavy atom. The van der Waals surface area contributed by atoms with E-state index in [9.17, 15) is 14.0 Å². The minimum Gasteiger partial charge on any atom is -0.454 e. The molecule has 1 fully saturated rings. The van der Waals surface area contributed by atoms with Crippen molar-refractivity contribution in [1.82, 2.24) is 25.5 Å². The molecule has 0 aliphatic heterocycles. The summed E-state index contributed by atoms with van der Waals surface area (Å²) in [6.07, 6.45) is 6.04. The van der Waals surface area contributed by atoms with E-state index in [1.807, 2.05) is 0 Å². The van der Waals surface area contributed by atoms with Crippen molar-refractivity contribution < 1.29 is 18.7 Å². The molecule has 12 heteroatoms. The van der Waals surface area contributed by atoms with Gasteiger partial charge in [-0.1, -0.05) is 6.42 Å². The molecule has 0 aromatic carbocycles. The average Bonchev–Trinajstić information content (AvgIpc) is 3.31. The minimum absolute atomic E-state index is 0.242. The van der Waals surface area contributed by atoms with E-state index in [1.54, 1.807) is 30.6 Å². The predicted molar refractivity (Wildman–Crippen MR) is 128 cm³/mol. The van der Waals surface area contributed by atoms with Crippen LogP contribution in [0.2, 0.25) is 0 Å². The average molecular weight is 500 g/mol. The number of pyridine rings is 1. The number of thiazole rings is 1. The third-order valence-electron chi connectivity index (χ3n) is 5.79. The molecule has 1 aliphatic rings. The number of carbonyl (C=O) groups is 2. The highest BCUT2D eigenvalue weighted by atomic mass is 32.1. The first-order valence-corrected chi connectivity index (χ1v) is 12.0. The van der Waals surface area contributed by atoms with E-state index in [2.05, 4.69) is 30.8 Å². The molecule has 1 atom stereocenters. The Bertz CT molecular complexity index is 1180. The zero-order valence-corrected chi connectivity index (χ0v) is 20.0. The van der Waals surface area contributed by atoms with Gasteiger partial charge < -0.3 is 21.1 Å². The van der Waals surface area contributed by atoms with Crippen LogP contribution < -0.4 is 16.4 Å². The van der Waals surface area contributed by atoms with Gasteiger partial charge in [0.2, 0.25) is 0 Å². The summed E-state index contributed by atoms with van der Waals surface area (Å²) in [4.78, 5) is 32.6. The van der Waals surface area contributed by atoms with Gasteiger partial charge in [-0.25, -0.2) is 9.37 Å². The van der Waals surface area contributed by atoms with Crippen LogP contribution in [0.25, 0.3) is 10.7 Å². The van der Waals surface area contributed by atoms with E-state index in [0.717, 1.165) is 24.1 Å². The number of ether oxygens (including phenoxy) is 1. The van der Waals surface area contributed by atoms with E-state index in [4.69, 9.17) is 10.5 Å². The molecule has 3 heterocycles. The maximum atomic E-state index is 14.3. The van der Waals surface area contributed by atoms with Crippen molar-refractivity contribution in [2.24, 2.45) is 5.73 Å². The fourth-order valence-electron chi connectivity index (χ4n) is 3.69. The van der Waals surface area contributed by atoms with Gasteiger partial charge >= 0.3 is 5.97 Å². The summed E-state index contributed by atoms with van der Waals surface area (Å²) in [6.45, 7) is 1.86. The van der Waals surface area contributed by atoms with E-state index < -0.39 is 17.9 Å². The number of hydrogen-bond acceptors (Lipinski definition) is 10. The molecule has 4 N–H and O–H groups in total. The van der Waals surface area contributed by atoms with Gasteiger partial charge in [-0.3, -0.25) is 14.6 Å². The van der Waals surface area contributed by atoms with Gasteiger partial charge in [-0.2, -0.15) is 0 Å². The van der Waals surface area contributed by atoms with Crippen LogP contribution in [0.4, 0.5) is 10.2 Å². The second-order valence-corrected chi connectivity index (χ2v) is 9.55. The molecule has 0 bridgehead atoms. The SMILES string of the molecule is CC(N)C(=O)OCC(=O)NCc1cnc(-c2ccc(NCC3(c4ncccc4F)CCC3)nn2)s1. The maximum absolute atomic E-state index is 14.3. The molecule has 1 amide bonds. The standard InChI is InChI=1S/C23H26FN7O3S/c1-14(25)22(33)34-12-19(32)27-10-15-11-28-21(35-15)17-5-6-18(31-30-17)29-13-23(7-3-8-23)20-16(24)4-2-9-26-20/h2,4-6,9,11,14H,3,7-8,10,12-13,25H2,1H3,(H,27,32)(H,29,31).